The van der Waals surface area contributed by atoms with Crippen molar-refractivity contribution in [2.45, 2.75) is 0 Å². The highest BCUT2D eigenvalue weighted by molar-refractivity contribution is 6.31. The molecule has 0 N–H and O–H groups in total. The molecule has 2 aromatic carbocycles. The number of ether oxygens (including phenoxy) is 2. The second kappa shape index (κ2) is 10.7. The van der Waals surface area contributed by atoms with Gasteiger partial charge in [-0.15, -0.1) is 0 Å². The number of esters is 2. The number of methoxy groups -OCH3 is 2. The molecule has 12 heteroatoms. The second-order valence-corrected chi connectivity index (χ2v) is 6.30. The molecule has 166 valence electrons. The minimum atomic E-state index is -0.756. The maximum Gasteiger partial charge on any atom is 0.344 e. The summed E-state index contributed by atoms with van der Waals surface area (Å²) in [6.07, 6.45) is 1.47. The molecule has 1 aromatic heterocycles. The number of nitro benzene ring substituents is 2. The molecule has 0 saturated carbocycles. The Morgan fingerprint density at radius 3 is 1.88 bits per heavy atom. The van der Waals surface area contributed by atoms with E-state index in [2.05, 4.69) is 9.47 Å². The summed E-state index contributed by atoms with van der Waals surface area (Å²) in [6, 6.07) is 11.3. The summed E-state index contributed by atoms with van der Waals surface area (Å²) in [6.45, 7) is 0. The van der Waals surface area contributed by atoms with Gasteiger partial charge in [-0.2, -0.15) is 0 Å². The Morgan fingerprint density at radius 2 is 1.41 bits per heavy atom. The summed E-state index contributed by atoms with van der Waals surface area (Å²) < 4.78 is 14.0. The maximum absolute atomic E-state index is 11.4. The van der Waals surface area contributed by atoms with E-state index < -0.39 is 21.8 Å². The summed E-state index contributed by atoms with van der Waals surface area (Å²) >= 11 is 5.55. The van der Waals surface area contributed by atoms with Gasteiger partial charge < -0.3 is 13.9 Å². The fraction of sp³-hybridized carbons (Fsp3) is 0.100. The van der Waals surface area contributed by atoms with E-state index in [0.29, 0.717) is 11.3 Å². The lowest BCUT2D eigenvalue weighted by molar-refractivity contribution is -0.385. The van der Waals surface area contributed by atoms with Crippen molar-refractivity contribution in [1.82, 2.24) is 0 Å². The molecule has 0 fully saturated rings. The topological polar surface area (TPSA) is 152 Å². The summed E-state index contributed by atoms with van der Waals surface area (Å²) in [5.74, 6) is -1.00. The fourth-order valence-electron chi connectivity index (χ4n) is 2.50. The Labute approximate surface area is 185 Å². The molecule has 0 amide bonds. The number of carbonyl (C=O) groups excluding carboxylic acids is 2. The monoisotopic (exact) mass is 462 g/mol. The van der Waals surface area contributed by atoms with Crippen molar-refractivity contribution in [3.8, 4) is 11.3 Å². The number of furan rings is 1. The molecule has 0 atom stereocenters. The zero-order valence-corrected chi connectivity index (χ0v) is 17.4. The van der Waals surface area contributed by atoms with E-state index in [9.17, 15) is 29.8 Å². The molecule has 0 saturated heterocycles. The van der Waals surface area contributed by atoms with Crippen LogP contribution in [0.15, 0.2) is 59.2 Å². The zero-order valence-electron chi connectivity index (χ0n) is 16.6. The lowest BCUT2D eigenvalue weighted by Gasteiger charge is -2.03. The van der Waals surface area contributed by atoms with Crippen LogP contribution < -0.4 is 0 Å². The lowest BCUT2D eigenvalue weighted by Crippen LogP contribution is -2.05. The number of nitro groups is 2. The van der Waals surface area contributed by atoms with Gasteiger partial charge in [0.05, 0.1) is 30.3 Å². The van der Waals surface area contributed by atoms with Crippen LogP contribution in [-0.2, 0) is 9.47 Å². The molecule has 32 heavy (non-hydrogen) atoms. The van der Waals surface area contributed by atoms with Crippen LogP contribution in [0.4, 0.5) is 11.4 Å². The molecule has 3 aromatic rings. The first-order chi connectivity index (χ1) is 15.2. The molecular weight excluding hydrogens is 448 g/mol. The number of hydrogen-bond donors (Lipinski definition) is 0. The third kappa shape index (κ3) is 5.67. The summed E-state index contributed by atoms with van der Waals surface area (Å²) in [7, 11) is 2.33. The summed E-state index contributed by atoms with van der Waals surface area (Å²) in [4.78, 5) is 42.6. The maximum atomic E-state index is 11.4. The van der Waals surface area contributed by atoms with Crippen LogP contribution in [0.5, 0.6) is 0 Å². The van der Waals surface area contributed by atoms with Gasteiger partial charge in [-0.1, -0.05) is 11.6 Å². The third-order valence-corrected chi connectivity index (χ3v) is 4.20. The number of rotatable bonds is 5. The predicted octanol–water partition coefficient (Wildman–Crippen LogP) is 4.68. The Hall–Kier alpha value is -4.25. The Morgan fingerprint density at radius 1 is 0.875 bits per heavy atom. The molecule has 0 aliphatic rings. The number of hydrogen-bond acceptors (Lipinski definition) is 9. The normalized spacial score (nSPS) is 9.84. The molecule has 3 rings (SSSR count). The van der Waals surface area contributed by atoms with E-state index in [4.69, 9.17) is 16.0 Å². The number of carbonyl (C=O) groups is 2. The molecule has 0 spiro atoms. The van der Waals surface area contributed by atoms with E-state index in [1.54, 1.807) is 18.2 Å². The van der Waals surface area contributed by atoms with Crippen molar-refractivity contribution >= 4 is 34.9 Å². The van der Waals surface area contributed by atoms with Crippen LogP contribution in [0.2, 0.25) is 5.02 Å². The quantitative estimate of drug-likeness (QED) is 0.299. The van der Waals surface area contributed by atoms with Gasteiger partial charge in [0.2, 0.25) is 0 Å². The van der Waals surface area contributed by atoms with Crippen LogP contribution in [0.25, 0.3) is 11.3 Å². The molecule has 11 nitrogen and oxygen atoms in total. The average molecular weight is 463 g/mol. The largest absolute Gasteiger partial charge is 0.465 e. The third-order valence-electron chi connectivity index (χ3n) is 3.97. The Kier molecular flexibility index (Phi) is 8.02. The van der Waals surface area contributed by atoms with Crippen molar-refractivity contribution in [1.29, 1.82) is 0 Å². The number of halogens is 1. The highest BCUT2D eigenvalue weighted by Crippen LogP contribution is 2.28. The average Bonchev–Trinajstić information content (AvgIpc) is 3.33. The highest BCUT2D eigenvalue weighted by Gasteiger charge is 2.22. The van der Waals surface area contributed by atoms with Gasteiger partial charge >= 0.3 is 11.9 Å². The molecular formula is C20H15ClN2O9. The van der Waals surface area contributed by atoms with Gasteiger partial charge in [0.15, 0.2) is 0 Å². The molecule has 0 unspecified atom stereocenters. The van der Waals surface area contributed by atoms with E-state index in [1.165, 1.54) is 37.6 Å². The SMILES string of the molecule is COC(=O)c1ccc(-c2ccco2)cc1[N+](=O)[O-].COC(=O)c1ccc(Cl)cc1[N+](=O)[O-]. The van der Waals surface area contributed by atoms with Gasteiger partial charge in [0, 0.05) is 22.7 Å². The van der Waals surface area contributed by atoms with Gasteiger partial charge in [0.25, 0.3) is 11.4 Å². The minimum Gasteiger partial charge on any atom is -0.465 e. The van der Waals surface area contributed by atoms with Crippen LogP contribution in [0, 0.1) is 20.2 Å². The van der Waals surface area contributed by atoms with Crippen molar-refractivity contribution in [3.63, 3.8) is 0 Å². The summed E-state index contributed by atoms with van der Waals surface area (Å²) in [5.41, 5.74) is -0.334. The van der Waals surface area contributed by atoms with E-state index >= 15 is 0 Å². The number of nitrogens with zero attached hydrogens (tertiary/aromatic N) is 2. The van der Waals surface area contributed by atoms with Crippen molar-refractivity contribution in [2.75, 3.05) is 14.2 Å². The zero-order chi connectivity index (χ0) is 23.8. The van der Waals surface area contributed by atoms with E-state index in [-0.39, 0.29) is 27.5 Å². The Balaban J connectivity index is 0.000000235. The molecule has 0 bridgehead atoms. The summed E-state index contributed by atoms with van der Waals surface area (Å²) in [5, 5.41) is 21.7. The van der Waals surface area contributed by atoms with Gasteiger partial charge in [-0.05, 0) is 36.4 Å². The second-order valence-electron chi connectivity index (χ2n) is 5.87. The van der Waals surface area contributed by atoms with Gasteiger partial charge in [0.1, 0.15) is 16.9 Å². The predicted molar refractivity (Wildman–Crippen MR) is 112 cm³/mol. The van der Waals surface area contributed by atoms with Crippen molar-refractivity contribution in [3.05, 3.63) is 91.2 Å². The molecule has 1 heterocycles. The highest BCUT2D eigenvalue weighted by atomic mass is 35.5. The first-order valence-corrected chi connectivity index (χ1v) is 9.00. The van der Waals surface area contributed by atoms with Crippen LogP contribution in [0.3, 0.4) is 0 Å². The van der Waals surface area contributed by atoms with Crippen molar-refractivity contribution < 1.29 is 33.3 Å². The lowest BCUT2D eigenvalue weighted by atomic mass is 10.1. The standard InChI is InChI=1S/C12H9NO5.C8H6ClNO4/c1-17-12(14)9-5-4-8(7-10(9)13(15)16)11-3-2-6-18-11;1-14-8(11)6-3-2-5(9)4-7(6)10(12)13/h2-7H,1H3;2-4H,1H3. The van der Waals surface area contributed by atoms with Crippen molar-refractivity contribution in [2.24, 2.45) is 0 Å². The Bertz CT molecular complexity index is 1160. The van der Waals surface area contributed by atoms with Gasteiger partial charge in [-0.25, -0.2) is 9.59 Å². The smallest absolute Gasteiger partial charge is 0.344 e. The number of benzene rings is 2. The van der Waals surface area contributed by atoms with Gasteiger partial charge in [-0.3, -0.25) is 20.2 Å². The van der Waals surface area contributed by atoms with Crippen LogP contribution in [-0.4, -0.2) is 36.0 Å². The van der Waals surface area contributed by atoms with E-state index in [1.807, 2.05) is 0 Å². The minimum absolute atomic E-state index is 0.0854. The van der Waals surface area contributed by atoms with Crippen LogP contribution >= 0.6 is 11.6 Å². The van der Waals surface area contributed by atoms with E-state index in [0.717, 1.165) is 13.2 Å². The first-order valence-electron chi connectivity index (χ1n) is 8.62. The first kappa shape index (κ1) is 24.0. The molecule has 0 aliphatic heterocycles. The molecule has 0 aliphatic carbocycles. The fourth-order valence-corrected chi connectivity index (χ4v) is 2.67. The molecule has 0 radical (unpaired) electrons. The van der Waals surface area contributed by atoms with Crippen LogP contribution in [0.1, 0.15) is 20.7 Å².